The largest absolute Gasteiger partial charge is 0.493 e. The summed E-state index contributed by atoms with van der Waals surface area (Å²) in [6.07, 6.45) is 1.72. The van der Waals surface area contributed by atoms with Gasteiger partial charge in [0.1, 0.15) is 12.0 Å². The Labute approximate surface area is 134 Å². The molecule has 122 valence electrons. The number of para-hydroxylation sites is 1. The quantitative estimate of drug-likeness (QED) is 0.794. The van der Waals surface area contributed by atoms with Gasteiger partial charge in [-0.1, -0.05) is 18.2 Å². The number of carboxylic acid groups (broad SMARTS) is 1. The Hall–Kier alpha value is -2.76. The highest BCUT2D eigenvalue weighted by molar-refractivity contribution is 5.95. The van der Waals surface area contributed by atoms with Gasteiger partial charge in [0.2, 0.25) is 0 Å². The van der Waals surface area contributed by atoms with Crippen molar-refractivity contribution in [3.05, 3.63) is 53.5 Å². The van der Waals surface area contributed by atoms with Gasteiger partial charge >= 0.3 is 5.97 Å². The van der Waals surface area contributed by atoms with E-state index in [9.17, 15) is 9.59 Å². The van der Waals surface area contributed by atoms with Gasteiger partial charge in [-0.2, -0.15) is 0 Å². The monoisotopic (exact) mass is 317 g/mol. The summed E-state index contributed by atoms with van der Waals surface area (Å²) in [6, 6.07) is 8.96. The summed E-state index contributed by atoms with van der Waals surface area (Å²) in [6.45, 7) is 2.94. The van der Waals surface area contributed by atoms with Gasteiger partial charge in [-0.15, -0.1) is 0 Å². The number of rotatable bonds is 7. The molecule has 1 heterocycles. The van der Waals surface area contributed by atoms with Crippen LogP contribution < -0.4 is 4.74 Å². The highest BCUT2D eigenvalue weighted by Crippen LogP contribution is 2.16. The summed E-state index contributed by atoms with van der Waals surface area (Å²) in [4.78, 5) is 24.4. The highest BCUT2D eigenvalue weighted by Gasteiger charge is 2.18. The number of hydrogen-bond donors (Lipinski definition) is 1. The Morgan fingerprint density at radius 2 is 2.04 bits per heavy atom. The number of aromatic carboxylic acids is 1. The van der Waals surface area contributed by atoms with Crippen molar-refractivity contribution in [1.82, 2.24) is 4.90 Å². The van der Waals surface area contributed by atoms with Crippen LogP contribution in [-0.2, 0) is 0 Å². The number of aryl methyl sites for hydroxylation is 1. The first-order valence-electron chi connectivity index (χ1n) is 7.24. The number of nitrogens with zero attached hydrogens (tertiary/aromatic N) is 1. The third kappa shape index (κ3) is 4.35. The van der Waals surface area contributed by atoms with Crippen molar-refractivity contribution in [1.29, 1.82) is 0 Å². The minimum absolute atomic E-state index is 0.0183. The first kappa shape index (κ1) is 16.6. The van der Waals surface area contributed by atoms with E-state index in [4.69, 9.17) is 14.3 Å². The van der Waals surface area contributed by atoms with E-state index in [-0.39, 0.29) is 17.2 Å². The van der Waals surface area contributed by atoms with Gasteiger partial charge in [0.05, 0.1) is 12.2 Å². The molecular formula is C17H19NO5. The van der Waals surface area contributed by atoms with Crippen LogP contribution >= 0.6 is 0 Å². The SMILES string of the molecule is Cc1ccccc1OCCCN(C)C(=O)c1cc(C(=O)O)co1. The first-order valence-corrected chi connectivity index (χ1v) is 7.24. The zero-order valence-corrected chi connectivity index (χ0v) is 13.1. The van der Waals surface area contributed by atoms with Crippen LogP contribution in [0.3, 0.4) is 0 Å². The summed E-state index contributed by atoms with van der Waals surface area (Å²) in [5.41, 5.74) is 1.03. The lowest BCUT2D eigenvalue weighted by Crippen LogP contribution is -2.28. The van der Waals surface area contributed by atoms with Crippen LogP contribution in [0.5, 0.6) is 5.75 Å². The number of carbonyl (C=O) groups excluding carboxylic acids is 1. The maximum Gasteiger partial charge on any atom is 0.338 e. The molecule has 0 spiro atoms. The minimum atomic E-state index is -1.12. The Morgan fingerprint density at radius 1 is 1.30 bits per heavy atom. The fourth-order valence-electron chi connectivity index (χ4n) is 2.05. The van der Waals surface area contributed by atoms with E-state index in [2.05, 4.69) is 0 Å². The molecule has 1 N–H and O–H groups in total. The molecule has 1 aromatic carbocycles. The minimum Gasteiger partial charge on any atom is -0.493 e. The van der Waals surface area contributed by atoms with E-state index in [1.165, 1.54) is 11.0 Å². The molecule has 0 aliphatic heterocycles. The average Bonchev–Trinajstić information content (AvgIpc) is 3.02. The number of amides is 1. The average molecular weight is 317 g/mol. The molecule has 2 aromatic rings. The summed E-state index contributed by atoms with van der Waals surface area (Å²) in [7, 11) is 1.64. The number of carboxylic acids is 1. The molecular weight excluding hydrogens is 298 g/mol. The molecule has 6 heteroatoms. The molecule has 0 atom stereocenters. The summed E-state index contributed by atoms with van der Waals surface area (Å²) in [5, 5.41) is 8.82. The van der Waals surface area contributed by atoms with Gasteiger partial charge in [0.15, 0.2) is 5.76 Å². The summed E-state index contributed by atoms with van der Waals surface area (Å²) >= 11 is 0. The van der Waals surface area contributed by atoms with Crippen LogP contribution in [-0.4, -0.2) is 42.1 Å². The standard InChI is InChI=1S/C17H19NO5/c1-12-6-3-4-7-14(12)22-9-5-8-18(2)16(19)15-10-13(11-23-15)17(20)21/h3-4,6-7,10-11H,5,8-9H2,1-2H3,(H,20,21). The van der Waals surface area contributed by atoms with Crippen molar-refractivity contribution in [2.75, 3.05) is 20.2 Å². The van der Waals surface area contributed by atoms with Crippen LogP contribution in [0.1, 0.15) is 32.9 Å². The number of carbonyl (C=O) groups is 2. The van der Waals surface area contributed by atoms with Gasteiger partial charge in [-0.25, -0.2) is 4.79 Å². The Bertz CT molecular complexity index is 692. The van der Waals surface area contributed by atoms with Crippen molar-refractivity contribution in [2.45, 2.75) is 13.3 Å². The number of furan rings is 1. The predicted molar refractivity (Wildman–Crippen MR) is 83.9 cm³/mol. The van der Waals surface area contributed by atoms with Crippen molar-refractivity contribution >= 4 is 11.9 Å². The maximum absolute atomic E-state index is 12.1. The fraction of sp³-hybridized carbons (Fsp3) is 0.294. The Kier molecular flexibility index (Phi) is 5.41. The van der Waals surface area contributed by atoms with E-state index >= 15 is 0 Å². The maximum atomic E-state index is 12.1. The van der Waals surface area contributed by atoms with Crippen LogP contribution in [0.2, 0.25) is 0 Å². The lowest BCUT2D eigenvalue weighted by atomic mass is 10.2. The molecule has 2 rings (SSSR count). The number of hydrogen-bond acceptors (Lipinski definition) is 4. The smallest absolute Gasteiger partial charge is 0.338 e. The molecule has 0 aliphatic rings. The van der Waals surface area contributed by atoms with Crippen LogP contribution in [0, 0.1) is 6.92 Å². The van der Waals surface area contributed by atoms with E-state index < -0.39 is 5.97 Å². The van der Waals surface area contributed by atoms with Crippen molar-refractivity contribution < 1.29 is 23.8 Å². The molecule has 0 saturated heterocycles. The highest BCUT2D eigenvalue weighted by atomic mass is 16.5. The summed E-state index contributed by atoms with van der Waals surface area (Å²) < 4.78 is 10.7. The molecule has 0 unspecified atom stereocenters. The van der Waals surface area contributed by atoms with E-state index in [0.717, 1.165) is 17.6 Å². The summed E-state index contributed by atoms with van der Waals surface area (Å²) in [5.74, 6) is -0.626. The van der Waals surface area contributed by atoms with Gasteiger partial charge in [-0.3, -0.25) is 4.79 Å². The topological polar surface area (TPSA) is 80.0 Å². The first-order chi connectivity index (χ1) is 11.0. The molecule has 6 nitrogen and oxygen atoms in total. The number of ether oxygens (including phenoxy) is 1. The van der Waals surface area contributed by atoms with Crippen molar-refractivity contribution in [2.24, 2.45) is 0 Å². The third-order valence-corrected chi connectivity index (χ3v) is 3.39. The Balaban J connectivity index is 1.80. The molecule has 0 radical (unpaired) electrons. The van der Waals surface area contributed by atoms with Crippen LogP contribution in [0.4, 0.5) is 0 Å². The lowest BCUT2D eigenvalue weighted by Gasteiger charge is -2.16. The second kappa shape index (κ2) is 7.49. The molecule has 1 aromatic heterocycles. The zero-order valence-electron chi connectivity index (χ0n) is 13.1. The molecule has 0 bridgehead atoms. The predicted octanol–water partition coefficient (Wildman–Crippen LogP) is 2.83. The van der Waals surface area contributed by atoms with Crippen molar-refractivity contribution in [3.63, 3.8) is 0 Å². The molecule has 23 heavy (non-hydrogen) atoms. The lowest BCUT2D eigenvalue weighted by molar-refractivity contribution is 0.0695. The van der Waals surface area contributed by atoms with Gasteiger partial charge < -0.3 is 19.2 Å². The number of benzene rings is 1. The van der Waals surface area contributed by atoms with E-state index in [0.29, 0.717) is 19.6 Å². The zero-order chi connectivity index (χ0) is 16.8. The fourth-order valence-corrected chi connectivity index (χ4v) is 2.05. The normalized spacial score (nSPS) is 10.3. The molecule has 0 fully saturated rings. The molecule has 0 saturated carbocycles. The van der Waals surface area contributed by atoms with Crippen molar-refractivity contribution in [3.8, 4) is 5.75 Å². The van der Waals surface area contributed by atoms with Gasteiger partial charge in [0, 0.05) is 19.7 Å². The van der Waals surface area contributed by atoms with Crippen LogP contribution in [0.25, 0.3) is 0 Å². The third-order valence-electron chi connectivity index (χ3n) is 3.39. The Morgan fingerprint density at radius 3 is 2.70 bits per heavy atom. The molecule has 0 aliphatic carbocycles. The van der Waals surface area contributed by atoms with Gasteiger partial charge in [-0.05, 0) is 25.0 Å². The molecule has 1 amide bonds. The van der Waals surface area contributed by atoms with E-state index in [1.807, 2.05) is 31.2 Å². The second-order valence-corrected chi connectivity index (χ2v) is 5.20. The second-order valence-electron chi connectivity index (χ2n) is 5.20. The van der Waals surface area contributed by atoms with Crippen LogP contribution in [0.15, 0.2) is 41.0 Å². The van der Waals surface area contributed by atoms with Gasteiger partial charge in [0.25, 0.3) is 5.91 Å². The van der Waals surface area contributed by atoms with E-state index in [1.54, 1.807) is 7.05 Å².